The lowest BCUT2D eigenvalue weighted by Gasteiger charge is -2.00. The monoisotopic (exact) mass is 282 g/mol. The molecule has 0 fully saturated rings. The molecule has 2 nitrogen and oxygen atoms in total. The molecule has 0 radical (unpaired) electrons. The van der Waals surface area contributed by atoms with Crippen LogP contribution in [0.4, 0.5) is 0 Å². The molecule has 0 amide bonds. The number of hydrogen-bond acceptors (Lipinski definition) is 2. The molecular formula is C18H38N2. The highest BCUT2D eigenvalue weighted by molar-refractivity contribution is 4.81. The van der Waals surface area contributed by atoms with E-state index in [1.807, 2.05) is 0 Å². The number of unbranched alkanes of at least 4 members (excludes halogenated alkanes) is 12. The van der Waals surface area contributed by atoms with E-state index in [9.17, 15) is 0 Å². The van der Waals surface area contributed by atoms with E-state index in [0.29, 0.717) is 0 Å². The largest absolute Gasteiger partial charge is 0.330 e. The van der Waals surface area contributed by atoms with Crippen molar-refractivity contribution in [1.82, 2.24) is 0 Å². The third-order valence-corrected chi connectivity index (χ3v) is 3.82. The molecule has 0 saturated heterocycles. The molecule has 0 unspecified atom stereocenters. The summed E-state index contributed by atoms with van der Waals surface area (Å²) in [7, 11) is 0. The zero-order valence-corrected chi connectivity index (χ0v) is 13.6. The lowest BCUT2D eigenvalue weighted by Crippen LogP contribution is -1.97. The van der Waals surface area contributed by atoms with E-state index in [4.69, 9.17) is 11.5 Å². The highest BCUT2D eigenvalue weighted by Crippen LogP contribution is 2.09. The molecule has 0 spiro atoms. The van der Waals surface area contributed by atoms with Crippen LogP contribution < -0.4 is 11.5 Å². The van der Waals surface area contributed by atoms with Crippen molar-refractivity contribution in [3.05, 3.63) is 12.2 Å². The Labute approximate surface area is 127 Å². The fourth-order valence-electron chi connectivity index (χ4n) is 2.46. The Balaban J connectivity index is 3.01. The Morgan fingerprint density at radius 3 is 1.05 bits per heavy atom. The molecule has 0 rings (SSSR count). The average Bonchev–Trinajstić information content (AvgIpc) is 2.47. The SMILES string of the molecule is NCCCCCCCC=CCCCCCCCCCN. The van der Waals surface area contributed by atoms with Gasteiger partial charge in [0.2, 0.25) is 0 Å². The van der Waals surface area contributed by atoms with Crippen LogP contribution in [0.25, 0.3) is 0 Å². The first-order chi connectivity index (χ1) is 9.91. The average molecular weight is 283 g/mol. The Hall–Kier alpha value is -0.340. The van der Waals surface area contributed by atoms with Crippen LogP contribution in [0.1, 0.15) is 89.9 Å². The number of rotatable bonds is 16. The lowest BCUT2D eigenvalue weighted by molar-refractivity contribution is 0.584. The summed E-state index contributed by atoms with van der Waals surface area (Å²) in [5.74, 6) is 0. The van der Waals surface area contributed by atoms with E-state index < -0.39 is 0 Å². The van der Waals surface area contributed by atoms with Crippen molar-refractivity contribution in [2.24, 2.45) is 11.5 Å². The van der Waals surface area contributed by atoms with Gasteiger partial charge in [0.25, 0.3) is 0 Å². The van der Waals surface area contributed by atoms with Gasteiger partial charge < -0.3 is 11.5 Å². The normalized spacial score (nSPS) is 11.5. The maximum Gasteiger partial charge on any atom is -0.00773 e. The molecule has 4 N–H and O–H groups in total. The molecule has 0 aliphatic carbocycles. The maximum absolute atomic E-state index is 5.48. The predicted molar refractivity (Wildman–Crippen MR) is 91.9 cm³/mol. The van der Waals surface area contributed by atoms with E-state index in [0.717, 1.165) is 13.1 Å². The van der Waals surface area contributed by atoms with Crippen molar-refractivity contribution in [3.8, 4) is 0 Å². The topological polar surface area (TPSA) is 52.0 Å². The van der Waals surface area contributed by atoms with E-state index >= 15 is 0 Å². The summed E-state index contributed by atoms with van der Waals surface area (Å²) < 4.78 is 0. The van der Waals surface area contributed by atoms with Crippen LogP contribution in [-0.2, 0) is 0 Å². The Kier molecular flexibility index (Phi) is 18.3. The number of hydrogen-bond donors (Lipinski definition) is 2. The minimum atomic E-state index is 0.854. The molecule has 0 heterocycles. The smallest absolute Gasteiger partial charge is 0.00773 e. The second kappa shape index (κ2) is 18.7. The number of allylic oxidation sites excluding steroid dienone is 2. The summed E-state index contributed by atoms with van der Waals surface area (Å²) in [6.07, 6.45) is 23.3. The van der Waals surface area contributed by atoms with Crippen molar-refractivity contribution in [3.63, 3.8) is 0 Å². The molecule has 0 atom stereocenters. The predicted octanol–water partition coefficient (Wildman–Crippen LogP) is 4.92. The van der Waals surface area contributed by atoms with Gasteiger partial charge in [-0.05, 0) is 51.6 Å². The van der Waals surface area contributed by atoms with Crippen LogP contribution in [0.2, 0.25) is 0 Å². The number of nitrogens with two attached hydrogens (primary N) is 2. The van der Waals surface area contributed by atoms with Crippen LogP contribution in [0, 0.1) is 0 Å². The minimum absolute atomic E-state index is 0.854. The summed E-state index contributed by atoms with van der Waals surface area (Å²) in [6, 6.07) is 0. The van der Waals surface area contributed by atoms with Gasteiger partial charge in [0.1, 0.15) is 0 Å². The third kappa shape index (κ3) is 17.7. The Morgan fingerprint density at radius 1 is 0.400 bits per heavy atom. The summed E-state index contributed by atoms with van der Waals surface area (Å²) in [4.78, 5) is 0. The molecule has 0 aromatic rings. The fraction of sp³-hybridized carbons (Fsp3) is 0.889. The van der Waals surface area contributed by atoms with Gasteiger partial charge in [-0.3, -0.25) is 0 Å². The first kappa shape index (κ1) is 19.7. The molecule has 20 heavy (non-hydrogen) atoms. The molecule has 0 aromatic heterocycles. The van der Waals surface area contributed by atoms with Gasteiger partial charge in [0.15, 0.2) is 0 Å². The Morgan fingerprint density at radius 2 is 0.700 bits per heavy atom. The van der Waals surface area contributed by atoms with Gasteiger partial charge in [-0.15, -0.1) is 0 Å². The summed E-state index contributed by atoms with van der Waals surface area (Å²) >= 11 is 0. The molecule has 2 heteroatoms. The third-order valence-electron chi connectivity index (χ3n) is 3.82. The van der Waals surface area contributed by atoms with E-state index in [1.165, 1.54) is 89.9 Å². The van der Waals surface area contributed by atoms with Gasteiger partial charge in [0, 0.05) is 0 Å². The Bertz CT molecular complexity index is 190. The summed E-state index contributed by atoms with van der Waals surface area (Å²) in [5, 5.41) is 0. The molecule has 0 bridgehead atoms. The van der Waals surface area contributed by atoms with Crippen LogP contribution in [0.5, 0.6) is 0 Å². The van der Waals surface area contributed by atoms with Crippen LogP contribution in [0.15, 0.2) is 12.2 Å². The quantitative estimate of drug-likeness (QED) is 0.312. The zero-order valence-electron chi connectivity index (χ0n) is 13.6. The minimum Gasteiger partial charge on any atom is -0.330 e. The molecule has 0 aromatic carbocycles. The van der Waals surface area contributed by atoms with Crippen LogP contribution >= 0.6 is 0 Å². The van der Waals surface area contributed by atoms with Crippen molar-refractivity contribution < 1.29 is 0 Å². The molecule has 120 valence electrons. The van der Waals surface area contributed by atoms with Gasteiger partial charge >= 0.3 is 0 Å². The van der Waals surface area contributed by atoms with E-state index in [-0.39, 0.29) is 0 Å². The molecular weight excluding hydrogens is 244 g/mol. The standard InChI is InChI=1S/C18H38N2/c19-17-15-13-11-9-7-5-3-1-2-4-6-8-10-12-14-16-18-20/h1,3H,2,4-20H2. The molecule has 0 saturated carbocycles. The van der Waals surface area contributed by atoms with Gasteiger partial charge in [-0.1, -0.05) is 63.5 Å². The van der Waals surface area contributed by atoms with Gasteiger partial charge in [-0.2, -0.15) is 0 Å². The van der Waals surface area contributed by atoms with Crippen LogP contribution in [-0.4, -0.2) is 13.1 Å². The highest BCUT2D eigenvalue weighted by Gasteiger charge is 1.91. The fourth-order valence-corrected chi connectivity index (χ4v) is 2.46. The molecule has 0 aliphatic rings. The van der Waals surface area contributed by atoms with Gasteiger partial charge in [-0.25, -0.2) is 0 Å². The first-order valence-corrected chi connectivity index (χ1v) is 8.97. The van der Waals surface area contributed by atoms with Crippen molar-refractivity contribution in [2.75, 3.05) is 13.1 Å². The van der Waals surface area contributed by atoms with Crippen molar-refractivity contribution in [1.29, 1.82) is 0 Å². The van der Waals surface area contributed by atoms with Crippen molar-refractivity contribution >= 4 is 0 Å². The molecule has 0 aliphatic heterocycles. The van der Waals surface area contributed by atoms with Gasteiger partial charge in [0.05, 0.1) is 0 Å². The maximum atomic E-state index is 5.48. The highest BCUT2D eigenvalue weighted by atomic mass is 14.5. The second-order valence-corrected chi connectivity index (χ2v) is 5.87. The summed E-state index contributed by atoms with van der Waals surface area (Å²) in [5.41, 5.74) is 10.9. The lowest BCUT2D eigenvalue weighted by atomic mass is 10.1. The summed E-state index contributed by atoms with van der Waals surface area (Å²) in [6.45, 7) is 1.71. The zero-order chi connectivity index (χ0) is 14.7. The van der Waals surface area contributed by atoms with Crippen molar-refractivity contribution in [2.45, 2.75) is 89.9 Å². The van der Waals surface area contributed by atoms with E-state index in [1.54, 1.807) is 0 Å². The van der Waals surface area contributed by atoms with Crippen LogP contribution in [0.3, 0.4) is 0 Å². The first-order valence-electron chi connectivity index (χ1n) is 8.97. The van der Waals surface area contributed by atoms with E-state index in [2.05, 4.69) is 12.2 Å². The second-order valence-electron chi connectivity index (χ2n) is 5.87.